The zero-order valence-corrected chi connectivity index (χ0v) is 36.2. The number of rotatable bonds is 24. The molecule has 2 unspecified atom stereocenters. The monoisotopic (exact) mass is 787 g/mol. The molecule has 2 atom stereocenters. The Balaban J connectivity index is 1.32. The third-order valence-corrected chi connectivity index (χ3v) is 11.4. The van der Waals surface area contributed by atoms with Crippen molar-refractivity contribution in [1.82, 2.24) is 19.9 Å². The minimum atomic E-state index is -0.488. The van der Waals surface area contributed by atoms with E-state index < -0.39 is 12.2 Å². The summed E-state index contributed by atoms with van der Waals surface area (Å²) in [5.74, 6) is 0. The van der Waals surface area contributed by atoms with Gasteiger partial charge in [-0.2, -0.15) is 0 Å². The van der Waals surface area contributed by atoms with Gasteiger partial charge in [-0.25, -0.2) is 0 Å². The highest BCUT2D eigenvalue weighted by atomic mass is 16.5. The van der Waals surface area contributed by atoms with Gasteiger partial charge in [0.25, 0.3) is 0 Å². The molecule has 0 aliphatic rings. The second-order valence-corrected chi connectivity index (χ2v) is 16.3. The fourth-order valence-electron chi connectivity index (χ4n) is 7.86. The minimum Gasteiger partial charge on any atom is -0.353 e. The maximum Gasteiger partial charge on any atom is 0.127 e. The number of unbranched alkanes of at least 4 members (excludes halogenated alkanes) is 8. The lowest BCUT2D eigenvalue weighted by molar-refractivity contribution is 0.0258. The van der Waals surface area contributed by atoms with Crippen LogP contribution >= 0.6 is 0 Å². The SMILES string of the molecule is CCCCCCCc1ccc(C(OC(c2ccc(CCCCCCC)cc2)c2cnc(-c3ccc(CCC)cc3)cn2)c2cnc(-c3ccc(CCC)cc3)cn2)cc1. The summed E-state index contributed by atoms with van der Waals surface area (Å²) in [6.45, 7) is 8.96. The molecule has 0 aliphatic carbocycles. The van der Waals surface area contributed by atoms with Crippen LogP contribution in [0.2, 0.25) is 0 Å². The maximum atomic E-state index is 7.30. The molecule has 5 heteroatoms. The summed E-state index contributed by atoms with van der Waals surface area (Å²) in [4.78, 5) is 20.0. The molecule has 5 nitrogen and oxygen atoms in total. The summed E-state index contributed by atoms with van der Waals surface area (Å²) in [6.07, 6.45) is 25.8. The first-order chi connectivity index (χ1) is 29.1. The van der Waals surface area contributed by atoms with Crippen molar-refractivity contribution in [3.05, 3.63) is 167 Å². The molecule has 6 rings (SSSR count). The fourth-order valence-corrected chi connectivity index (χ4v) is 7.86. The van der Waals surface area contributed by atoms with Crippen LogP contribution in [0.3, 0.4) is 0 Å². The Labute approximate surface area is 355 Å². The van der Waals surface area contributed by atoms with Gasteiger partial charge in [0, 0.05) is 11.1 Å². The Bertz CT molecular complexity index is 1910. The molecule has 2 heterocycles. The van der Waals surface area contributed by atoms with Crippen molar-refractivity contribution in [2.24, 2.45) is 0 Å². The Kier molecular flexibility index (Phi) is 17.4. The van der Waals surface area contributed by atoms with Crippen LogP contribution in [0.15, 0.2) is 122 Å². The van der Waals surface area contributed by atoms with Crippen molar-refractivity contribution in [2.75, 3.05) is 0 Å². The number of ether oxygens (including phenoxy) is 1. The Morgan fingerprint density at radius 2 is 0.712 bits per heavy atom. The topological polar surface area (TPSA) is 60.8 Å². The number of hydrogen-bond donors (Lipinski definition) is 0. The van der Waals surface area contributed by atoms with Crippen molar-refractivity contribution < 1.29 is 4.74 Å². The van der Waals surface area contributed by atoms with E-state index in [1.165, 1.54) is 86.5 Å². The zero-order chi connectivity index (χ0) is 41.1. The summed E-state index contributed by atoms with van der Waals surface area (Å²) in [7, 11) is 0. The molecule has 0 spiro atoms. The van der Waals surface area contributed by atoms with E-state index in [-0.39, 0.29) is 0 Å². The van der Waals surface area contributed by atoms with E-state index in [1.54, 1.807) is 0 Å². The first-order valence-corrected chi connectivity index (χ1v) is 22.7. The second-order valence-electron chi connectivity index (χ2n) is 16.3. The summed E-state index contributed by atoms with van der Waals surface area (Å²) in [6, 6.07) is 35.3. The van der Waals surface area contributed by atoms with Gasteiger partial charge in [-0.1, -0.05) is 189 Å². The third-order valence-electron chi connectivity index (χ3n) is 11.4. The normalized spacial score (nSPS) is 12.4. The Morgan fingerprint density at radius 3 is 1.05 bits per heavy atom. The molecule has 0 saturated carbocycles. The second kappa shape index (κ2) is 23.6. The molecule has 0 amide bonds. The van der Waals surface area contributed by atoms with Crippen LogP contribution in [-0.2, 0) is 30.4 Å². The summed E-state index contributed by atoms with van der Waals surface area (Å²) in [5.41, 5.74) is 12.8. The average Bonchev–Trinajstić information content (AvgIpc) is 3.28. The fraction of sp³-hybridized carbons (Fsp3) is 0.407. The predicted molar refractivity (Wildman–Crippen MR) is 246 cm³/mol. The van der Waals surface area contributed by atoms with E-state index in [1.807, 2.05) is 24.8 Å². The third kappa shape index (κ3) is 13.0. The Hall–Kier alpha value is -5.00. The van der Waals surface area contributed by atoms with Gasteiger partial charge in [-0.05, 0) is 71.9 Å². The van der Waals surface area contributed by atoms with E-state index in [9.17, 15) is 0 Å². The first-order valence-electron chi connectivity index (χ1n) is 22.7. The van der Waals surface area contributed by atoms with E-state index in [0.717, 1.165) is 83.6 Å². The first kappa shape index (κ1) is 43.6. The molecule has 308 valence electrons. The minimum absolute atomic E-state index is 0.488. The van der Waals surface area contributed by atoms with Gasteiger partial charge in [0.1, 0.15) is 12.2 Å². The molecular formula is C54H66N4O. The van der Waals surface area contributed by atoms with Crippen LogP contribution in [0, 0.1) is 0 Å². The smallest absolute Gasteiger partial charge is 0.127 e. The zero-order valence-electron chi connectivity index (χ0n) is 36.2. The van der Waals surface area contributed by atoms with Crippen molar-refractivity contribution in [1.29, 1.82) is 0 Å². The highest BCUT2D eigenvalue weighted by molar-refractivity contribution is 5.59. The van der Waals surface area contributed by atoms with Gasteiger partial charge in [0.15, 0.2) is 0 Å². The lowest BCUT2D eigenvalue weighted by atomic mass is 9.99. The lowest BCUT2D eigenvalue weighted by Gasteiger charge is -2.25. The molecule has 59 heavy (non-hydrogen) atoms. The van der Waals surface area contributed by atoms with E-state index in [0.29, 0.717) is 0 Å². The van der Waals surface area contributed by atoms with Gasteiger partial charge in [-0.15, -0.1) is 0 Å². The van der Waals surface area contributed by atoms with Gasteiger partial charge >= 0.3 is 0 Å². The summed E-state index contributed by atoms with van der Waals surface area (Å²) < 4.78 is 7.30. The quantitative estimate of drug-likeness (QED) is 0.0572. The van der Waals surface area contributed by atoms with Crippen LogP contribution in [-0.4, -0.2) is 19.9 Å². The number of aryl methyl sites for hydroxylation is 4. The molecule has 6 aromatic rings. The summed E-state index contributed by atoms with van der Waals surface area (Å²) >= 11 is 0. The van der Waals surface area contributed by atoms with Crippen LogP contribution in [0.1, 0.15) is 162 Å². The van der Waals surface area contributed by atoms with Crippen LogP contribution in [0.4, 0.5) is 0 Å². The standard InChI is InChI=1S/C54H66N4O/c1-5-9-11-13-15-19-43-25-33-47(34-26-43)53(51-39-55-49(37-57-51)45-29-21-41(17-7-3)22-30-45)59-54(48-35-27-44(28-36-48)20-16-14-12-10-6-2)52-40-56-50(38-58-52)46-31-23-42(18-8-4)24-32-46/h21-40,53-54H,5-20H2,1-4H3. The molecule has 0 radical (unpaired) electrons. The molecular weight excluding hydrogens is 721 g/mol. The molecule has 2 aromatic heterocycles. The van der Waals surface area contributed by atoms with Crippen molar-refractivity contribution in [3.8, 4) is 22.5 Å². The molecule has 0 saturated heterocycles. The van der Waals surface area contributed by atoms with Gasteiger partial charge in [0.2, 0.25) is 0 Å². The molecule has 0 fully saturated rings. The van der Waals surface area contributed by atoms with Gasteiger partial charge < -0.3 is 4.74 Å². The maximum absolute atomic E-state index is 7.30. The average molecular weight is 787 g/mol. The van der Waals surface area contributed by atoms with Gasteiger partial charge in [-0.3, -0.25) is 19.9 Å². The Morgan fingerprint density at radius 1 is 0.356 bits per heavy atom. The molecule has 4 aromatic carbocycles. The number of nitrogens with zero attached hydrogens (tertiary/aromatic N) is 4. The number of benzene rings is 4. The number of hydrogen-bond acceptors (Lipinski definition) is 5. The molecule has 0 bridgehead atoms. The highest BCUT2D eigenvalue weighted by Crippen LogP contribution is 2.36. The predicted octanol–water partition coefficient (Wildman–Crippen LogP) is 14.4. The van der Waals surface area contributed by atoms with E-state index in [2.05, 4.69) is 125 Å². The molecule has 0 N–H and O–H groups in total. The van der Waals surface area contributed by atoms with Crippen molar-refractivity contribution in [2.45, 2.75) is 143 Å². The highest BCUT2D eigenvalue weighted by Gasteiger charge is 2.26. The number of aromatic nitrogens is 4. The van der Waals surface area contributed by atoms with E-state index >= 15 is 0 Å². The van der Waals surface area contributed by atoms with Crippen LogP contribution in [0.25, 0.3) is 22.5 Å². The molecule has 0 aliphatic heterocycles. The van der Waals surface area contributed by atoms with Crippen molar-refractivity contribution >= 4 is 0 Å². The summed E-state index contributed by atoms with van der Waals surface area (Å²) in [5, 5.41) is 0. The van der Waals surface area contributed by atoms with E-state index in [4.69, 9.17) is 24.7 Å². The van der Waals surface area contributed by atoms with Gasteiger partial charge in [0.05, 0.1) is 47.6 Å². The van der Waals surface area contributed by atoms with Crippen molar-refractivity contribution in [3.63, 3.8) is 0 Å². The largest absolute Gasteiger partial charge is 0.353 e. The van der Waals surface area contributed by atoms with Crippen LogP contribution in [0.5, 0.6) is 0 Å². The lowest BCUT2D eigenvalue weighted by Crippen LogP contribution is -2.16. The van der Waals surface area contributed by atoms with Crippen LogP contribution < -0.4 is 0 Å².